The minimum absolute atomic E-state index is 0.0106. The number of H-pyrrole nitrogens is 1. The summed E-state index contributed by atoms with van der Waals surface area (Å²) in [6.07, 6.45) is 6.13. The summed E-state index contributed by atoms with van der Waals surface area (Å²) in [4.78, 5) is 26.8. The molecule has 0 bridgehead atoms. The van der Waals surface area contributed by atoms with Gasteiger partial charge in [-0.15, -0.1) is 5.92 Å². The summed E-state index contributed by atoms with van der Waals surface area (Å²) in [7, 11) is 0. The topological polar surface area (TPSA) is 87.2 Å². The predicted molar refractivity (Wildman–Crippen MR) is 143 cm³/mol. The van der Waals surface area contributed by atoms with Gasteiger partial charge in [-0.3, -0.25) is 9.89 Å². The zero-order chi connectivity index (χ0) is 25.6. The molecule has 0 unspecified atom stereocenters. The number of aryl methyl sites for hydroxylation is 1. The second-order valence-electron chi connectivity index (χ2n) is 10.5. The molecule has 8 nitrogen and oxygen atoms in total. The summed E-state index contributed by atoms with van der Waals surface area (Å²) in [5.41, 5.74) is 5.01. The number of ether oxygens (including phenoxy) is 1. The fourth-order valence-corrected chi connectivity index (χ4v) is 6.12. The number of nitrogens with one attached hydrogen (secondary N) is 1. The normalized spacial score (nSPS) is 19.1. The highest BCUT2D eigenvalue weighted by Crippen LogP contribution is 2.43. The van der Waals surface area contributed by atoms with E-state index < -0.39 is 0 Å². The number of carbonyl (C=O) groups is 1. The van der Waals surface area contributed by atoms with Crippen molar-refractivity contribution in [2.75, 3.05) is 44.3 Å². The molecule has 3 aromatic rings. The molecule has 0 radical (unpaired) electrons. The van der Waals surface area contributed by atoms with Crippen molar-refractivity contribution in [3.05, 3.63) is 47.9 Å². The van der Waals surface area contributed by atoms with E-state index in [1.165, 1.54) is 6.08 Å². The zero-order valence-corrected chi connectivity index (χ0v) is 21.5. The third kappa shape index (κ3) is 4.08. The molecule has 3 saturated heterocycles. The number of nitrogens with zero attached hydrogens (tertiary/aromatic N) is 5. The highest BCUT2D eigenvalue weighted by molar-refractivity contribution is 5.97. The van der Waals surface area contributed by atoms with Gasteiger partial charge in [-0.2, -0.15) is 5.10 Å². The van der Waals surface area contributed by atoms with E-state index in [0.717, 1.165) is 104 Å². The molecular formula is C29H32N6O2. The number of anilines is 1. The second kappa shape index (κ2) is 9.31. The molecule has 5 heterocycles. The van der Waals surface area contributed by atoms with Gasteiger partial charge in [0.1, 0.15) is 11.6 Å². The lowest BCUT2D eigenvalue weighted by atomic mass is 9.79. The van der Waals surface area contributed by atoms with E-state index >= 15 is 0 Å². The van der Waals surface area contributed by atoms with Gasteiger partial charge in [-0.1, -0.05) is 18.6 Å². The number of aromatic nitrogens is 4. The summed E-state index contributed by atoms with van der Waals surface area (Å²) >= 11 is 0. The van der Waals surface area contributed by atoms with Gasteiger partial charge in [-0.05, 0) is 50.8 Å². The van der Waals surface area contributed by atoms with Gasteiger partial charge < -0.3 is 14.5 Å². The first-order valence-electron chi connectivity index (χ1n) is 13.0. The summed E-state index contributed by atoms with van der Waals surface area (Å²) in [6, 6.07) is 4.17. The third-order valence-corrected chi connectivity index (χ3v) is 8.09. The Labute approximate surface area is 217 Å². The van der Waals surface area contributed by atoms with E-state index in [2.05, 4.69) is 52.6 Å². The van der Waals surface area contributed by atoms with Crippen LogP contribution in [0.3, 0.4) is 0 Å². The molecule has 6 rings (SSSR count). The molecular weight excluding hydrogens is 464 g/mol. The smallest absolute Gasteiger partial charge is 0.245 e. The highest BCUT2D eigenvalue weighted by Gasteiger charge is 2.49. The first-order valence-corrected chi connectivity index (χ1v) is 13.0. The summed E-state index contributed by atoms with van der Waals surface area (Å²) in [5.74, 6) is 8.55. The number of benzene rings is 1. The Kier molecular flexibility index (Phi) is 5.96. The molecule has 1 N–H and O–H groups in total. The quantitative estimate of drug-likeness (QED) is 0.437. The summed E-state index contributed by atoms with van der Waals surface area (Å²) in [6.45, 7) is 12.3. The van der Waals surface area contributed by atoms with Gasteiger partial charge in [0.05, 0.1) is 23.0 Å². The van der Waals surface area contributed by atoms with E-state index in [1.807, 2.05) is 18.0 Å². The number of likely N-dealkylation sites (tertiary alicyclic amines) is 1. The van der Waals surface area contributed by atoms with Crippen LogP contribution < -0.4 is 4.90 Å². The largest absolute Gasteiger partial charge is 0.381 e. The Morgan fingerprint density at radius 2 is 2.05 bits per heavy atom. The number of aromatic amines is 1. The maximum Gasteiger partial charge on any atom is 0.245 e. The third-order valence-electron chi connectivity index (χ3n) is 8.09. The molecule has 2 aromatic heterocycles. The van der Waals surface area contributed by atoms with Crippen LogP contribution in [-0.2, 0) is 9.53 Å². The van der Waals surface area contributed by atoms with Gasteiger partial charge in [-0.25, -0.2) is 9.97 Å². The molecule has 190 valence electrons. The van der Waals surface area contributed by atoms with Crippen LogP contribution in [0.5, 0.6) is 0 Å². The van der Waals surface area contributed by atoms with E-state index in [9.17, 15) is 4.79 Å². The molecule has 1 spiro atoms. The van der Waals surface area contributed by atoms with Crippen LogP contribution in [0.15, 0.2) is 31.0 Å². The van der Waals surface area contributed by atoms with Crippen molar-refractivity contribution in [2.45, 2.75) is 39.0 Å². The number of fused-ring (bicyclic) bond motifs is 1. The molecule has 0 saturated carbocycles. The maximum atomic E-state index is 12.1. The highest BCUT2D eigenvalue weighted by atomic mass is 16.5. The molecule has 8 heteroatoms. The van der Waals surface area contributed by atoms with Gasteiger partial charge in [0.2, 0.25) is 5.91 Å². The summed E-state index contributed by atoms with van der Waals surface area (Å²) < 4.78 is 5.64. The van der Waals surface area contributed by atoms with Crippen LogP contribution in [0.2, 0.25) is 0 Å². The Hall–Kier alpha value is -3.70. The van der Waals surface area contributed by atoms with Gasteiger partial charge >= 0.3 is 0 Å². The summed E-state index contributed by atoms with van der Waals surface area (Å²) in [5, 5.41) is 8.46. The number of hydrogen-bond donors (Lipinski definition) is 1. The van der Waals surface area contributed by atoms with Crippen LogP contribution in [0.1, 0.15) is 49.1 Å². The van der Waals surface area contributed by atoms with Crippen molar-refractivity contribution in [3.63, 3.8) is 0 Å². The fourth-order valence-electron chi connectivity index (χ4n) is 6.12. The van der Waals surface area contributed by atoms with Gasteiger partial charge in [0, 0.05) is 61.7 Å². The molecule has 1 aromatic carbocycles. The average molecular weight is 497 g/mol. The van der Waals surface area contributed by atoms with Crippen molar-refractivity contribution in [2.24, 2.45) is 5.41 Å². The fraction of sp³-hybridized carbons (Fsp3) is 0.448. The van der Waals surface area contributed by atoms with Gasteiger partial charge in [0.15, 0.2) is 0 Å². The molecule has 1 amide bonds. The van der Waals surface area contributed by atoms with Crippen molar-refractivity contribution >= 4 is 22.6 Å². The van der Waals surface area contributed by atoms with E-state index in [0.29, 0.717) is 0 Å². The Bertz CT molecular complexity index is 1440. The van der Waals surface area contributed by atoms with Crippen molar-refractivity contribution < 1.29 is 9.53 Å². The molecule has 0 atom stereocenters. The predicted octanol–water partition coefficient (Wildman–Crippen LogP) is 3.82. The van der Waals surface area contributed by atoms with Crippen LogP contribution in [0, 0.1) is 24.2 Å². The lowest BCUT2D eigenvalue weighted by Gasteiger charge is -2.47. The maximum absolute atomic E-state index is 12.1. The zero-order valence-electron chi connectivity index (χ0n) is 21.5. The monoisotopic (exact) mass is 496 g/mol. The van der Waals surface area contributed by atoms with E-state index in [-0.39, 0.29) is 17.2 Å². The molecule has 0 aliphatic carbocycles. The number of hydrogen-bond acceptors (Lipinski definition) is 6. The lowest BCUT2D eigenvalue weighted by molar-refractivity contribution is -0.136. The van der Waals surface area contributed by atoms with Crippen molar-refractivity contribution in [3.8, 4) is 23.1 Å². The number of carbonyl (C=O) groups excluding carboxylic acids is 1. The average Bonchev–Trinajstić information content (AvgIpc) is 3.56. The lowest BCUT2D eigenvalue weighted by Crippen LogP contribution is -2.59. The molecule has 3 fully saturated rings. The van der Waals surface area contributed by atoms with Gasteiger partial charge in [0.25, 0.3) is 0 Å². The van der Waals surface area contributed by atoms with Crippen LogP contribution in [0.25, 0.3) is 22.2 Å². The van der Waals surface area contributed by atoms with E-state index in [4.69, 9.17) is 14.7 Å². The van der Waals surface area contributed by atoms with Crippen molar-refractivity contribution in [1.82, 2.24) is 25.1 Å². The minimum atomic E-state index is 0.0106. The number of amides is 1. The van der Waals surface area contributed by atoms with E-state index in [1.54, 1.807) is 0 Å². The first-order chi connectivity index (χ1) is 18.0. The molecule has 3 aliphatic heterocycles. The SMILES string of the molecule is C=CC(=O)N1CC2(CCN(c3nc(C4CCOCC4)nc(-c4c(C)ccc5[nH]ncc45)c3C#CC)C2)C1. The van der Waals surface area contributed by atoms with Crippen LogP contribution >= 0.6 is 0 Å². The standard InChI is InChI=1S/C29H32N6O2/c1-4-6-21-26(25-19(3)7-8-23-22(25)15-30-33-23)31-27(20-9-13-37-14-10-20)32-28(21)34-12-11-29(16-34)17-35(18-29)24(36)5-2/h5,7-8,15,20H,2,9-14,16-18H2,1,3H3,(H,30,33). The first kappa shape index (κ1) is 23.7. The Balaban J connectivity index is 1.48. The molecule has 37 heavy (non-hydrogen) atoms. The van der Waals surface area contributed by atoms with Crippen LogP contribution in [0.4, 0.5) is 5.82 Å². The van der Waals surface area contributed by atoms with Crippen LogP contribution in [-0.4, -0.2) is 70.4 Å². The Morgan fingerprint density at radius 3 is 2.81 bits per heavy atom. The number of rotatable bonds is 4. The van der Waals surface area contributed by atoms with Crippen molar-refractivity contribution in [1.29, 1.82) is 0 Å². The Morgan fingerprint density at radius 1 is 1.24 bits per heavy atom. The molecule has 3 aliphatic rings. The minimum Gasteiger partial charge on any atom is -0.381 e. The second-order valence-corrected chi connectivity index (χ2v) is 10.5.